The third-order valence-corrected chi connectivity index (χ3v) is 16.7. The van der Waals surface area contributed by atoms with Crippen LogP contribution < -0.4 is 55.3 Å². The Morgan fingerprint density at radius 2 is 1.36 bits per heavy atom. The van der Waals surface area contributed by atoms with Gasteiger partial charge in [0.15, 0.2) is 5.96 Å². The number of carbonyl (C=O) groups excluding carboxylic acids is 11. The van der Waals surface area contributed by atoms with E-state index in [1.165, 1.54) is 36.3 Å². The van der Waals surface area contributed by atoms with Gasteiger partial charge in [-0.05, 0) is 56.1 Å². The minimum atomic E-state index is -1.74. The molecule has 1 spiro atoms. The summed E-state index contributed by atoms with van der Waals surface area (Å²) < 4.78 is -0.718. The molecule has 0 aromatic heterocycles. The molecule has 3 aliphatic rings. The molecule has 2 heterocycles. The Balaban J connectivity index is 1.52. The number of nitrogens with two attached hydrogens (primary N) is 5. The number of carbonyl (C=O) groups is 11. The quantitative estimate of drug-likeness (QED) is 0.0323. The molecule has 25 nitrogen and oxygen atoms in total. The van der Waals surface area contributed by atoms with Crippen LogP contribution in [0.4, 0.5) is 0 Å². The van der Waals surface area contributed by atoms with E-state index in [4.69, 9.17) is 28.7 Å². The molecule has 0 bridgehead atoms. The van der Waals surface area contributed by atoms with E-state index in [-0.39, 0.29) is 75.9 Å². The third kappa shape index (κ3) is 19.9. The number of rotatable bonds is 19. The van der Waals surface area contributed by atoms with Gasteiger partial charge in [0.25, 0.3) is 0 Å². The first-order valence-electron chi connectivity index (χ1n) is 25.9. The van der Waals surface area contributed by atoms with Crippen molar-refractivity contribution in [2.45, 2.75) is 132 Å². The van der Waals surface area contributed by atoms with Gasteiger partial charge in [-0.25, -0.2) is 0 Å². The van der Waals surface area contributed by atoms with Crippen molar-refractivity contribution in [3.63, 3.8) is 0 Å². The van der Waals surface area contributed by atoms with E-state index in [1.807, 2.05) is 30.3 Å². The van der Waals surface area contributed by atoms with Crippen molar-refractivity contribution in [1.82, 2.24) is 41.3 Å². The van der Waals surface area contributed by atoms with Crippen molar-refractivity contribution in [3.8, 4) is 0 Å². The summed E-state index contributed by atoms with van der Waals surface area (Å²) in [5.41, 5.74) is 28.6. The van der Waals surface area contributed by atoms with Crippen LogP contribution in [-0.2, 0) is 65.8 Å². The molecule has 2 saturated heterocycles. The smallest absolute Gasteiger partial charge is 0.246 e. The highest BCUT2D eigenvalue weighted by molar-refractivity contribution is 8.77. The zero-order valence-electron chi connectivity index (χ0n) is 43.5. The van der Waals surface area contributed by atoms with E-state index in [2.05, 4.69) is 31.6 Å². The fraction of sp³-hybridized carbons (Fsp3) is 0.529. The molecule has 78 heavy (non-hydrogen) atoms. The van der Waals surface area contributed by atoms with Crippen LogP contribution in [0, 0.1) is 0 Å². The first kappa shape index (κ1) is 61.4. The monoisotopic (exact) mass is 1120 g/mol. The van der Waals surface area contributed by atoms with Crippen LogP contribution in [-0.4, -0.2) is 159 Å². The van der Waals surface area contributed by atoms with Crippen molar-refractivity contribution in [1.29, 1.82) is 0 Å². The average Bonchev–Trinajstić information content (AvgIpc) is 3.90. The number of amides is 11. The molecule has 0 unspecified atom stereocenters. The number of nitrogens with one attached hydrogen (secondary N) is 5. The lowest BCUT2D eigenvalue weighted by molar-refractivity contribution is -0.143. The average molecular weight is 1120 g/mol. The molecule has 27 heteroatoms. The van der Waals surface area contributed by atoms with Gasteiger partial charge in [0.05, 0.1) is 19.5 Å². The summed E-state index contributed by atoms with van der Waals surface area (Å²) in [7, 11) is 2.57. The third-order valence-electron chi connectivity index (χ3n) is 13.3. The number of nitrogens with zero attached hydrogens (tertiary/aromatic N) is 4. The lowest BCUT2D eigenvalue weighted by Crippen LogP contribution is -2.60. The molecule has 11 amide bonds. The maximum atomic E-state index is 14.9. The van der Waals surface area contributed by atoms with Gasteiger partial charge < -0.3 is 70.0 Å². The summed E-state index contributed by atoms with van der Waals surface area (Å²) in [4.78, 5) is 158. The van der Waals surface area contributed by atoms with Gasteiger partial charge in [-0.15, -0.1) is 0 Å². The van der Waals surface area contributed by atoms with Crippen LogP contribution in [0.5, 0.6) is 0 Å². The summed E-state index contributed by atoms with van der Waals surface area (Å²) in [6.45, 7) is -1.40. The Morgan fingerprint density at radius 3 is 1.96 bits per heavy atom. The number of benzene rings is 2. The Bertz CT molecular complexity index is 2500. The van der Waals surface area contributed by atoms with Crippen molar-refractivity contribution in [2.24, 2.45) is 33.7 Å². The number of hydrogen-bond acceptors (Lipinski definition) is 14. The summed E-state index contributed by atoms with van der Waals surface area (Å²) >= 11 is 0. The topological polar surface area (TPSA) is 400 Å². The van der Waals surface area contributed by atoms with E-state index >= 15 is 0 Å². The predicted molar refractivity (Wildman–Crippen MR) is 291 cm³/mol. The molecule has 2 aromatic rings. The molecule has 15 N–H and O–H groups in total. The SMILES string of the molecule is NC(=O)CC[C@@H]1NC(=O)CN(Cc2ccccc2)C(=O)CN(Cc2ccccc2)C(=O)CC2(CCCCC2)SSC[C@@H](C(=O)N2CCC[C@H]2C(=O)N[C@@H](CCCN=C(N)N)C(=O)NCC(N)=O)NC(=O)[C@H](CC(N)=O)NC1=O. The normalized spacial score (nSPS) is 21.3. The van der Waals surface area contributed by atoms with Crippen molar-refractivity contribution in [2.75, 3.05) is 38.5 Å². The highest BCUT2D eigenvalue weighted by atomic mass is 33.1. The van der Waals surface area contributed by atoms with Gasteiger partial charge in [0, 0.05) is 49.5 Å². The standard InChI is InChI=1S/C51H72N14O11S2/c52-39(66)19-18-35-46(73)61-36(24-40(53)67)47(74)62-37(49(76)65-23-11-17-38(65)48(75)60-34(16-10-22-57-50(55)56)45(72)58-26-41(54)68)31-77-78-51(20-8-3-9-21-51)25-43(70)64(28-33-14-6-2-7-15-33)30-44(71)63(29-42(69)59-35)27-32-12-4-1-5-13-32/h1-2,4-7,12-15,34-38H,3,8-11,16-31H2,(H2,52,66)(H2,53,67)(H2,54,68)(H,58,72)(H,59,69)(H,60,75)(H,61,73)(H,62,74)(H4,55,56,57)/t34-,35-,36-,37-,38-/m0/s1. The molecule has 0 radical (unpaired) electrons. The number of guanidine groups is 1. The Hall–Kier alpha value is -7.42. The lowest BCUT2D eigenvalue weighted by atomic mass is 9.85. The largest absolute Gasteiger partial charge is 0.370 e. The first-order valence-corrected chi connectivity index (χ1v) is 28.2. The Labute approximate surface area is 460 Å². The molecule has 1 saturated carbocycles. The molecule has 1 aliphatic carbocycles. The summed E-state index contributed by atoms with van der Waals surface area (Å²) in [6, 6.07) is 10.8. The van der Waals surface area contributed by atoms with Gasteiger partial charge in [-0.2, -0.15) is 0 Å². The van der Waals surface area contributed by atoms with Crippen LogP contribution in [0.3, 0.4) is 0 Å². The maximum Gasteiger partial charge on any atom is 0.246 e. The molecule has 424 valence electrons. The van der Waals surface area contributed by atoms with Crippen LogP contribution in [0.2, 0.25) is 0 Å². The highest BCUT2D eigenvalue weighted by Crippen LogP contribution is 2.49. The van der Waals surface area contributed by atoms with E-state index in [0.717, 1.165) is 24.8 Å². The summed E-state index contributed by atoms with van der Waals surface area (Å²) in [5.74, 6) is -9.03. The first-order chi connectivity index (χ1) is 37.2. The fourth-order valence-corrected chi connectivity index (χ4v) is 12.7. The minimum absolute atomic E-state index is 0.0162. The van der Waals surface area contributed by atoms with Crippen LogP contribution >= 0.6 is 21.6 Å². The number of primary amides is 3. The maximum absolute atomic E-state index is 14.9. The van der Waals surface area contributed by atoms with Crippen molar-refractivity contribution < 1.29 is 52.7 Å². The highest BCUT2D eigenvalue weighted by Gasteiger charge is 2.42. The van der Waals surface area contributed by atoms with Crippen LogP contribution in [0.1, 0.15) is 94.6 Å². The van der Waals surface area contributed by atoms with E-state index in [0.29, 0.717) is 24.8 Å². The molecule has 5 atom stereocenters. The predicted octanol–water partition coefficient (Wildman–Crippen LogP) is -1.74. The van der Waals surface area contributed by atoms with Crippen molar-refractivity contribution >= 4 is 92.5 Å². The van der Waals surface area contributed by atoms with Gasteiger partial charge in [-0.3, -0.25) is 57.7 Å². The molecular weight excluding hydrogens is 1050 g/mol. The van der Waals surface area contributed by atoms with E-state index in [9.17, 15) is 52.7 Å². The Morgan fingerprint density at radius 1 is 0.731 bits per heavy atom. The zero-order chi connectivity index (χ0) is 56.8. The van der Waals surface area contributed by atoms with E-state index in [1.54, 1.807) is 30.3 Å². The zero-order valence-corrected chi connectivity index (χ0v) is 45.1. The van der Waals surface area contributed by atoms with Crippen LogP contribution in [0.15, 0.2) is 65.7 Å². The Kier molecular flexibility index (Phi) is 24.0. The summed E-state index contributed by atoms with van der Waals surface area (Å²) in [6.07, 6.45) is 2.79. The molecule has 2 aliphatic heterocycles. The minimum Gasteiger partial charge on any atom is -0.370 e. The fourth-order valence-electron chi connectivity index (χ4n) is 9.38. The van der Waals surface area contributed by atoms with Crippen molar-refractivity contribution in [3.05, 3.63) is 71.8 Å². The second kappa shape index (κ2) is 30.5. The second-order valence-electron chi connectivity index (χ2n) is 19.6. The lowest BCUT2D eigenvalue weighted by Gasteiger charge is -2.38. The van der Waals surface area contributed by atoms with Gasteiger partial charge >= 0.3 is 0 Å². The van der Waals surface area contributed by atoms with Gasteiger partial charge in [0.2, 0.25) is 65.0 Å². The number of likely N-dealkylation sites (tertiary alicyclic amines) is 1. The summed E-state index contributed by atoms with van der Waals surface area (Å²) in [5, 5.41) is 12.7. The second-order valence-corrected chi connectivity index (χ2v) is 22.4. The van der Waals surface area contributed by atoms with Gasteiger partial charge in [-0.1, -0.05) is 102 Å². The molecular formula is C51H72N14O11S2. The molecule has 3 fully saturated rings. The molecule has 2 aromatic carbocycles. The number of hydrogen-bond donors (Lipinski definition) is 10. The van der Waals surface area contributed by atoms with Gasteiger partial charge in [0.1, 0.15) is 36.8 Å². The molecule has 5 rings (SSSR count). The number of aliphatic imine (C=N–C) groups is 1. The van der Waals surface area contributed by atoms with E-state index < -0.39 is 127 Å². The van der Waals surface area contributed by atoms with Crippen LogP contribution in [0.25, 0.3) is 0 Å².